The number of halogens is 1. The summed E-state index contributed by atoms with van der Waals surface area (Å²) in [7, 11) is 1.55. The van der Waals surface area contributed by atoms with Crippen LogP contribution in [0.2, 0.25) is 0 Å². The maximum Gasteiger partial charge on any atom is 0.338 e. The van der Waals surface area contributed by atoms with Crippen molar-refractivity contribution in [3.05, 3.63) is 103 Å². The largest absolute Gasteiger partial charge is 0.497 e. The highest BCUT2D eigenvalue weighted by molar-refractivity contribution is 9.10. The molecule has 2 aliphatic heterocycles. The lowest BCUT2D eigenvalue weighted by Crippen LogP contribution is -2.33. The molecule has 230 valence electrons. The topological polar surface area (TPSA) is 124 Å². The average molecular weight is 709 g/mol. The Hall–Kier alpha value is -4.20. The van der Waals surface area contributed by atoms with Crippen molar-refractivity contribution in [3.63, 3.8) is 0 Å². The highest BCUT2D eigenvalue weighted by Gasteiger charge is 2.56. The number of methoxy groups -OCH3 is 1. The van der Waals surface area contributed by atoms with Crippen LogP contribution >= 0.6 is 39.0 Å². The fraction of sp³-hybridized carbons (Fsp3) is 0.219. The summed E-state index contributed by atoms with van der Waals surface area (Å²) in [6, 6.07) is 20.4. The predicted molar refractivity (Wildman–Crippen MR) is 174 cm³/mol. The molecule has 6 rings (SSSR count). The van der Waals surface area contributed by atoms with E-state index in [-0.39, 0.29) is 18.0 Å². The van der Waals surface area contributed by atoms with Crippen LogP contribution in [0.1, 0.15) is 33.6 Å². The molecule has 3 atom stereocenters. The molecule has 3 heterocycles. The van der Waals surface area contributed by atoms with Gasteiger partial charge in [-0.1, -0.05) is 51.2 Å². The van der Waals surface area contributed by atoms with Gasteiger partial charge in [0.1, 0.15) is 17.5 Å². The van der Waals surface area contributed by atoms with Crippen LogP contribution in [-0.2, 0) is 25.7 Å². The number of rotatable bonds is 8. The van der Waals surface area contributed by atoms with Crippen LogP contribution in [0.15, 0.2) is 87.1 Å². The number of nitrogens with one attached hydrogen (secondary N) is 1. The Labute approximate surface area is 274 Å². The average Bonchev–Trinajstić information content (AvgIpc) is 3.47. The monoisotopic (exact) mass is 707 g/mol. The number of hydrogen-bond donors (Lipinski definition) is 1. The van der Waals surface area contributed by atoms with Gasteiger partial charge < -0.3 is 14.8 Å². The van der Waals surface area contributed by atoms with Crippen molar-refractivity contribution in [2.75, 3.05) is 23.9 Å². The van der Waals surface area contributed by atoms with Crippen LogP contribution in [-0.4, -0.2) is 47.2 Å². The highest BCUT2D eigenvalue weighted by atomic mass is 79.9. The molecule has 4 aromatic rings. The van der Waals surface area contributed by atoms with Gasteiger partial charge in [-0.25, -0.2) is 9.69 Å². The van der Waals surface area contributed by atoms with E-state index >= 15 is 0 Å². The van der Waals surface area contributed by atoms with Crippen molar-refractivity contribution in [2.24, 2.45) is 5.92 Å². The first kappa shape index (κ1) is 30.8. The quantitative estimate of drug-likeness (QED) is 0.194. The van der Waals surface area contributed by atoms with Gasteiger partial charge in [-0.2, -0.15) is 0 Å². The highest BCUT2D eigenvalue weighted by Crippen LogP contribution is 2.54. The van der Waals surface area contributed by atoms with Gasteiger partial charge in [-0.05, 0) is 73.2 Å². The maximum absolute atomic E-state index is 14.1. The molecule has 3 aromatic carbocycles. The van der Waals surface area contributed by atoms with Crippen LogP contribution in [0, 0.1) is 5.92 Å². The number of hydrogen-bond acceptors (Lipinski definition) is 9. The minimum absolute atomic E-state index is 0.222. The van der Waals surface area contributed by atoms with E-state index in [0.717, 1.165) is 38.0 Å². The van der Waals surface area contributed by atoms with Crippen LogP contribution in [0.3, 0.4) is 0 Å². The van der Waals surface area contributed by atoms with Crippen molar-refractivity contribution >= 4 is 74.1 Å². The fourth-order valence-electron chi connectivity index (χ4n) is 5.55. The Morgan fingerprint density at radius 3 is 2.38 bits per heavy atom. The van der Waals surface area contributed by atoms with E-state index < -0.39 is 40.8 Å². The number of imide groups is 1. The number of ether oxygens (including phenoxy) is 2. The zero-order valence-corrected chi connectivity index (χ0v) is 27.2. The summed E-state index contributed by atoms with van der Waals surface area (Å²) < 4.78 is 12.4. The SMILES string of the molecule is CCOC(=O)c1ccc(N2C(=O)[C@H]3[C@H](c4cccc(Br)c4)c4sc(=O)n(CC(=O)Nc5ccc(OC)cc5)c4S[C@H]3C2=O)cc1. The first-order valence-corrected chi connectivity index (χ1v) is 16.4. The minimum Gasteiger partial charge on any atom is -0.497 e. The first-order valence-electron chi connectivity index (χ1n) is 13.9. The molecule has 1 aromatic heterocycles. The Bertz CT molecular complexity index is 1870. The summed E-state index contributed by atoms with van der Waals surface area (Å²) in [5.74, 6) is -2.51. The van der Waals surface area contributed by atoms with E-state index in [1.54, 1.807) is 50.4 Å². The fourth-order valence-corrected chi connectivity index (χ4v) is 8.74. The lowest BCUT2D eigenvalue weighted by atomic mass is 9.83. The zero-order valence-electron chi connectivity index (χ0n) is 24.0. The van der Waals surface area contributed by atoms with Gasteiger partial charge in [0.05, 0.1) is 35.9 Å². The summed E-state index contributed by atoms with van der Waals surface area (Å²) in [5.41, 5.74) is 1.94. The summed E-state index contributed by atoms with van der Waals surface area (Å²) in [6.45, 7) is 1.66. The number of anilines is 2. The van der Waals surface area contributed by atoms with Gasteiger partial charge in [0, 0.05) is 21.0 Å². The molecule has 0 bridgehead atoms. The molecule has 1 saturated heterocycles. The Morgan fingerprint density at radius 2 is 1.71 bits per heavy atom. The third-order valence-corrected chi connectivity index (χ3v) is 10.7. The number of esters is 1. The smallest absolute Gasteiger partial charge is 0.338 e. The van der Waals surface area contributed by atoms with Crippen LogP contribution in [0.25, 0.3) is 0 Å². The number of carbonyl (C=O) groups is 4. The van der Waals surface area contributed by atoms with E-state index in [9.17, 15) is 24.0 Å². The number of thiazole rings is 1. The molecule has 2 aliphatic rings. The van der Waals surface area contributed by atoms with E-state index in [0.29, 0.717) is 32.6 Å². The zero-order chi connectivity index (χ0) is 31.8. The molecule has 1 fully saturated rings. The van der Waals surface area contributed by atoms with Crippen molar-refractivity contribution in [3.8, 4) is 5.75 Å². The second-order valence-electron chi connectivity index (χ2n) is 10.3. The molecule has 3 amide bonds. The minimum atomic E-state index is -0.844. The number of carbonyl (C=O) groups excluding carboxylic acids is 4. The van der Waals surface area contributed by atoms with E-state index in [2.05, 4.69) is 21.2 Å². The molecular formula is C32H26BrN3O7S2. The predicted octanol–water partition coefficient (Wildman–Crippen LogP) is 5.29. The van der Waals surface area contributed by atoms with Gasteiger partial charge in [-0.3, -0.25) is 23.7 Å². The molecule has 0 radical (unpaired) electrons. The number of aromatic nitrogens is 1. The van der Waals surface area contributed by atoms with Gasteiger partial charge in [0.2, 0.25) is 17.7 Å². The lowest BCUT2D eigenvalue weighted by Gasteiger charge is -2.30. The summed E-state index contributed by atoms with van der Waals surface area (Å²) in [4.78, 5) is 68.1. The Balaban J connectivity index is 1.36. The lowest BCUT2D eigenvalue weighted by molar-refractivity contribution is -0.122. The molecular weight excluding hydrogens is 682 g/mol. The van der Waals surface area contributed by atoms with Crippen LogP contribution in [0.5, 0.6) is 5.75 Å². The number of amides is 3. The third kappa shape index (κ3) is 5.83. The molecule has 13 heteroatoms. The van der Waals surface area contributed by atoms with E-state index in [4.69, 9.17) is 9.47 Å². The van der Waals surface area contributed by atoms with E-state index in [1.807, 2.05) is 24.3 Å². The van der Waals surface area contributed by atoms with Gasteiger partial charge in [-0.15, -0.1) is 0 Å². The molecule has 10 nitrogen and oxygen atoms in total. The van der Waals surface area contributed by atoms with Gasteiger partial charge in [0.25, 0.3) is 0 Å². The van der Waals surface area contributed by atoms with Crippen molar-refractivity contribution < 1.29 is 28.7 Å². The molecule has 0 saturated carbocycles. The molecule has 45 heavy (non-hydrogen) atoms. The Morgan fingerprint density at radius 1 is 0.978 bits per heavy atom. The normalized spacial score (nSPS) is 18.7. The van der Waals surface area contributed by atoms with E-state index in [1.165, 1.54) is 16.7 Å². The Kier molecular flexibility index (Phi) is 8.67. The summed E-state index contributed by atoms with van der Waals surface area (Å²) in [5, 5.41) is 2.44. The number of fused-ring (bicyclic) bond motifs is 2. The maximum atomic E-state index is 14.1. The second-order valence-corrected chi connectivity index (χ2v) is 13.3. The van der Waals surface area contributed by atoms with Crippen LogP contribution < -0.4 is 19.8 Å². The molecule has 1 N–H and O–H groups in total. The molecule has 0 spiro atoms. The van der Waals surface area contributed by atoms with Crippen molar-refractivity contribution in [1.29, 1.82) is 0 Å². The summed E-state index contributed by atoms with van der Waals surface area (Å²) >= 11 is 5.62. The van der Waals surface area contributed by atoms with Crippen molar-refractivity contribution in [2.45, 2.75) is 29.7 Å². The summed E-state index contributed by atoms with van der Waals surface area (Å²) in [6.07, 6.45) is 0. The van der Waals surface area contributed by atoms with Crippen molar-refractivity contribution in [1.82, 2.24) is 4.57 Å². The van der Waals surface area contributed by atoms with Crippen LogP contribution in [0.4, 0.5) is 11.4 Å². The number of benzene rings is 3. The standard InChI is InChI=1S/C32H26BrN3O7S2/c1-3-43-31(40)17-7-11-21(12-8-17)36-28(38)25-24(18-5-4-6-19(33)15-18)27-30(44-26(25)29(36)39)35(32(41)45-27)16-23(37)34-20-9-13-22(42-2)14-10-20/h4-15,24-26H,3,16H2,1-2H3,(H,34,37)/t24-,25-,26+/m0/s1. The third-order valence-electron chi connectivity index (χ3n) is 7.57. The van der Waals surface area contributed by atoms with Gasteiger partial charge in [0.15, 0.2) is 0 Å². The molecule has 0 aliphatic carbocycles. The number of thioether (sulfide) groups is 1. The van der Waals surface area contributed by atoms with Gasteiger partial charge >= 0.3 is 10.8 Å². The molecule has 0 unspecified atom stereocenters. The second kappa shape index (κ2) is 12.7. The number of nitrogens with zero attached hydrogens (tertiary/aromatic N) is 2. The first-order chi connectivity index (χ1) is 21.7.